The van der Waals surface area contributed by atoms with Crippen molar-refractivity contribution in [3.63, 3.8) is 0 Å². The first-order valence-electron chi connectivity index (χ1n) is 4.60. The van der Waals surface area contributed by atoms with Crippen LogP contribution in [0.15, 0.2) is 0 Å². The van der Waals surface area contributed by atoms with Crippen molar-refractivity contribution in [2.75, 3.05) is 26.2 Å². The van der Waals surface area contributed by atoms with Crippen molar-refractivity contribution in [3.8, 4) is 0 Å². The van der Waals surface area contributed by atoms with E-state index in [0.29, 0.717) is 13.1 Å². The van der Waals surface area contributed by atoms with Gasteiger partial charge in [-0.1, -0.05) is 0 Å². The maximum atomic E-state index is 11.6. The molecule has 0 spiro atoms. The van der Waals surface area contributed by atoms with Gasteiger partial charge in [-0.3, -0.25) is 4.79 Å². The smallest absolute Gasteiger partial charge is 0.405 e. The first-order chi connectivity index (χ1) is 6.61. The molecule has 0 aromatic rings. The third-order valence-electron chi connectivity index (χ3n) is 2.14. The summed E-state index contributed by atoms with van der Waals surface area (Å²) < 4.78 is 0. The van der Waals surface area contributed by atoms with Gasteiger partial charge in [-0.2, -0.15) is 0 Å². The molecule has 6 heteroatoms. The highest BCUT2D eigenvalue weighted by molar-refractivity contribution is 5.84. The number of nitrogens with one attached hydrogen (secondary N) is 2. The van der Waals surface area contributed by atoms with E-state index in [4.69, 9.17) is 5.11 Å². The quantitative estimate of drug-likeness (QED) is 0.539. The molecule has 6 nitrogen and oxygen atoms in total. The molecule has 14 heavy (non-hydrogen) atoms. The van der Waals surface area contributed by atoms with Crippen molar-refractivity contribution in [2.24, 2.45) is 0 Å². The standard InChI is InChI=1S/C8H15N3O3/c1-6(10-8(13)14)7(12)11-4-2-9-3-5-11/h6,9-10H,2-5H2,1H3,(H,13,14). The number of amides is 2. The summed E-state index contributed by atoms with van der Waals surface area (Å²) in [5.41, 5.74) is 0. The van der Waals surface area contributed by atoms with Gasteiger partial charge in [0.15, 0.2) is 0 Å². The van der Waals surface area contributed by atoms with Crippen LogP contribution in [0.5, 0.6) is 0 Å². The topological polar surface area (TPSA) is 81.7 Å². The van der Waals surface area contributed by atoms with Gasteiger partial charge in [0.2, 0.25) is 5.91 Å². The summed E-state index contributed by atoms with van der Waals surface area (Å²) in [7, 11) is 0. The average molecular weight is 201 g/mol. The fourth-order valence-electron chi connectivity index (χ4n) is 1.41. The van der Waals surface area contributed by atoms with Crippen LogP contribution in [-0.4, -0.2) is 54.2 Å². The molecule has 0 saturated carbocycles. The molecule has 1 unspecified atom stereocenters. The summed E-state index contributed by atoms with van der Waals surface area (Å²) in [5.74, 6) is -0.158. The van der Waals surface area contributed by atoms with E-state index in [0.717, 1.165) is 13.1 Å². The Labute approximate surface area is 82.3 Å². The average Bonchev–Trinajstić information content (AvgIpc) is 2.17. The Morgan fingerprint density at radius 2 is 2.00 bits per heavy atom. The molecule has 2 amide bonds. The number of nitrogens with zero attached hydrogens (tertiary/aromatic N) is 1. The first kappa shape index (κ1) is 10.8. The minimum Gasteiger partial charge on any atom is -0.465 e. The normalized spacial score (nSPS) is 18.8. The van der Waals surface area contributed by atoms with Gasteiger partial charge >= 0.3 is 6.09 Å². The molecule has 1 aliphatic rings. The lowest BCUT2D eigenvalue weighted by Crippen LogP contribution is -2.52. The summed E-state index contributed by atoms with van der Waals surface area (Å²) >= 11 is 0. The predicted molar refractivity (Wildman–Crippen MR) is 50.1 cm³/mol. The Balaban J connectivity index is 2.42. The zero-order chi connectivity index (χ0) is 10.6. The van der Waals surface area contributed by atoms with Gasteiger partial charge < -0.3 is 20.6 Å². The second kappa shape index (κ2) is 4.80. The van der Waals surface area contributed by atoms with Crippen LogP contribution < -0.4 is 10.6 Å². The van der Waals surface area contributed by atoms with E-state index in [-0.39, 0.29) is 5.91 Å². The number of rotatable bonds is 2. The van der Waals surface area contributed by atoms with Gasteiger partial charge in [0.1, 0.15) is 6.04 Å². The van der Waals surface area contributed by atoms with E-state index in [1.807, 2.05) is 0 Å². The number of carbonyl (C=O) groups excluding carboxylic acids is 1. The summed E-state index contributed by atoms with van der Waals surface area (Å²) in [5, 5.41) is 13.7. The monoisotopic (exact) mass is 201 g/mol. The number of piperazine rings is 1. The van der Waals surface area contributed by atoms with Crippen molar-refractivity contribution in [2.45, 2.75) is 13.0 Å². The largest absolute Gasteiger partial charge is 0.465 e. The third kappa shape index (κ3) is 2.88. The van der Waals surface area contributed by atoms with Crippen molar-refractivity contribution >= 4 is 12.0 Å². The lowest BCUT2D eigenvalue weighted by molar-refractivity contribution is -0.133. The Morgan fingerprint density at radius 1 is 1.43 bits per heavy atom. The second-order valence-electron chi connectivity index (χ2n) is 3.25. The molecule has 0 aliphatic carbocycles. The SMILES string of the molecule is CC(NC(=O)O)C(=O)N1CCNCC1. The lowest BCUT2D eigenvalue weighted by atomic mass is 10.2. The van der Waals surface area contributed by atoms with Gasteiger partial charge in [-0.05, 0) is 6.92 Å². The van der Waals surface area contributed by atoms with Gasteiger partial charge in [0.25, 0.3) is 0 Å². The molecular formula is C8H15N3O3. The highest BCUT2D eigenvalue weighted by Gasteiger charge is 2.22. The van der Waals surface area contributed by atoms with Crippen molar-refractivity contribution in [1.82, 2.24) is 15.5 Å². The van der Waals surface area contributed by atoms with E-state index in [1.54, 1.807) is 11.8 Å². The van der Waals surface area contributed by atoms with Crippen LogP contribution >= 0.6 is 0 Å². The first-order valence-corrected chi connectivity index (χ1v) is 4.60. The number of carboxylic acid groups (broad SMARTS) is 1. The zero-order valence-electron chi connectivity index (χ0n) is 8.12. The van der Waals surface area contributed by atoms with E-state index in [9.17, 15) is 9.59 Å². The highest BCUT2D eigenvalue weighted by atomic mass is 16.4. The summed E-state index contributed by atoms with van der Waals surface area (Å²) in [6.45, 7) is 4.38. The van der Waals surface area contributed by atoms with Crippen LogP contribution in [-0.2, 0) is 4.79 Å². The molecule has 1 aliphatic heterocycles. The molecule has 1 fully saturated rings. The maximum Gasteiger partial charge on any atom is 0.405 e. The Hall–Kier alpha value is -1.30. The molecule has 1 heterocycles. The van der Waals surface area contributed by atoms with Crippen LogP contribution in [0, 0.1) is 0 Å². The van der Waals surface area contributed by atoms with Gasteiger partial charge in [-0.15, -0.1) is 0 Å². The Bertz CT molecular complexity index is 226. The van der Waals surface area contributed by atoms with Crippen LogP contribution in [0.25, 0.3) is 0 Å². The number of hydrogen-bond acceptors (Lipinski definition) is 3. The van der Waals surface area contributed by atoms with Crippen molar-refractivity contribution < 1.29 is 14.7 Å². The van der Waals surface area contributed by atoms with Crippen molar-refractivity contribution in [1.29, 1.82) is 0 Å². The van der Waals surface area contributed by atoms with E-state index in [1.165, 1.54) is 0 Å². The summed E-state index contributed by atoms with van der Waals surface area (Å²) in [4.78, 5) is 23.6. The van der Waals surface area contributed by atoms with E-state index >= 15 is 0 Å². The molecular weight excluding hydrogens is 186 g/mol. The van der Waals surface area contributed by atoms with Crippen LogP contribution in [0.1, 0.15) is 6.92 Å². The van der Waals surface area contributed by atoms with Gasteiger partial charge in [0.05, 0.1) is 0 Å². The van der Waals surface area contributed by atoms with Gasteiger partial charge in [0, 0.05) is 26.2 Å². The van der Waals surface area contributed by atoms with Crippen LogP contribution in [0.3, 0.4) is 0 Å². The minimum absolute atomic E-state index is 0.158. The molecule has 1 saturated heterocycles. The molecule has 0 aromatic heterocycles. The van der Waals surface area contributed by atoms with Gasteiger partial charge in [-0.25, -0.2) is 4.79 Å². The minimum atomic E-state index is -1.17. The molecule has 80 valence electrons. The Morgan fingerprint density at radius 3 is 2.50 bits per heavy atom. The third-order valence-corrected chi connectivity index (χ3v) is 2.14. The van der Waals surface area contributed by atoms with Crippen molar-refractivity contribution in [3.05, 3.63) is 0 Å². The predicted octanol–water partition coefficient (Wildman–Crippen LogP) is -0.926. The molecule has 1 rings (SSSR count). The summed E-state index contributed by atoms with van der Waals surface area (Å²) in [6.07, 6.45) is -1.17. The van der Waals surface area contributed by atoms with E-state index < -0.39 is 12.1 Å². The molecule has 0 radical (unpaired) electrons. The lowest BCUT2D eigenvalue weighted by Gasteiger charge is -2.29. The Kier molecular flexibility index (Phi) is 3.70. The molecule has 3 N–H and O–H groups in total. The van der Waals surface area contributed by atoms with E-state index in [2.05, 4.69) is 10.6 Å². The second-order valence-corrected chi connectivity index (χ2v) is 3.25. The fraction of sp³-hybridized carbons (Fsp3) is 0.750. The molecule has 0 aromatic carbocycles. The zero-order valence-corrected chi connectivity index (χ0v) is 8.12. The molecule has 0 bridgehead atoms. The van der Waals surface area contributed by atoms with Crippen LogP contribution in [0.4, 0.5) is 4.79 Å². The fourth-order valence-corrected chi connectivity index (χ4v) is 1.41. The molecule has 1 atom stereocenters. The highest BCUT2D eigenvalue weighted by Crippen LogP contribution is 1.97. The number of carbonyl (C=O) groups is 2. The van der Waals surface area contributed by atoms with Crippen LogP contribution in [0.2, 0.25) is 0 Å². The maximum absolute atomic E-state index is 11.6. The number of hydrogen-bond donors (Lipinski definition) is 3. The summed E-state index contributed by atoms with van der Waals surface area (Å²) in [6, 6.07) is -0.661.